The summed E-state index contributed by atoms with van der Waals surface area (Å²) in [7, 11) is 3.71. The molecule has 2 rings (SSSR count). The summed E-state index contributed by atoms with van der Waals surface area (Å²) < 4.78 is 8.69. The molecule has 1 N–H and O–H groups in total. The first kappa shape index (κ1) is 15.1. The molecular weight excluding hydrogens is 316 g/mol. The standard InChI is InChI=1S/C16H21BrN2O/c1-4-15(18-2)12-7-8-19(10-12)11-13-9-14(17)5-6-16(13)20-3/h5-10,15,18H,4,11H2,1-3H3. The maximum absolute atomic E-state index is 5.42. The Balaban J connectivity index is 2.20. The van der Waals surface area contributed by atoms with E-state index in [2.05, 4.69) is 57.3 Å². The van der Waals surface area contributed by atoms with Gasteiger partial charge in [-0.2, -0.15) is 0 Å². The third-order valence-corrected chi connectivity index (χ3v) is 4.02. The number of methoxy groups -OCH3 is 1. The number of rotatable bonds is 6. The summed E-state index contributed by atoms with van der Waals surface area (Å²) in [5.41, 5.74) is 2.49. The molecule has 0 bridgehead atoms. The van der Waals surface area contributed by atoms with Gasteiger partial charge in [-0.25, -0.2) is 0 Å². The van der Waals surface area contributed by atoms with Crippen LogP contribution in [0, 0.1) is 0 Å². The van der Waals surface area contributed by atoms with Crippen LogP contribution in [0.2, 0.25) is 0 Å². The molecule has 1 heterocycles. The molecule has 0 aliphatic rings. The molecule has 0 fully saturated rings. The van der Waals surface area contributed by atoms with Gasteiger partial charge in [0.05, 0.1) is 13.7 Å². The molecule has 1 atom stereocenters. The number of nitrogens with one attached hydrogen (secondary N) is 1. The van der Waals surface area contributed by atoms with E-state index in [9.17, 15) is 0 Å². The molecule has 3 nitrogen and oxygen atoms in total. The van der Waals surface area contributed by atoms with E-state index in [1.807, 2.05) is 19.2 Å². The topological polar surface area (TPSA) is 26.2 Å². The van der Waals surface area contributed by atoms with E-state index >= 15 is 0 Å². The second kappa shape index (κ2) is 6.95. The number of ether oxygens (including phenoxy) is 1. The van der Waals surface area contributed by atoms with Crippen molar-refractivity contribution in [2.75, 3.05) is 14.2 Å². The summed E-state index contributed by atoms with van der Waals surface area (Å²) in [6.45, 7) is 3.00. The Morgan fingerprint density at radius 3 is 2.80 bits per heavy atom. The summed E-state index contributed by atoms with van der Waals surface area (Å²) >= 11 is 3.51. The second-order valence-corrected chi connectivity index (χ2v) is 5.74. The van der Waals surface area contributed by atoms with Crippen LogP contribution in [0.5, 0.6) is 5.75 Å². The van der Waals surface area contributed by atoms with Gasteiger partial charge in [0.2, 0.25) is 0 Å². The molecule has 0 saturated heterocycles. The van der Waals surface area contributed by atoms with Crippen LogP contribution < -0.4 is 10.1 Å². The van der Waals surface area contributed by atoms with Crippen molar-refractivity contribution in [2.24, 2.45) is 0 Å². The molecule has 108 valence electrons. The minimum absolute atomic E-state index is 0.417. The van der Waals surface area contributed by atoms with Crippen molar-refractivity contribution in [1.29, 1.82) is 0 Å². The van der Waals surface area contributed by atoms with Crippen molar-refractivity contribution in [3.05, 3.63) is 52.3 Å². The van der Waals surface area contributed by atoms with Crippen molar-refractivity contribution in [1.82, 2.24) is 9.88 Å². The monoisotopic (exact) mass is 336 g/mol. The zero-order valence-electron chi connectivity index (χ0n) is 12.2. The Morgan fingerprint density at radius 2 is 2.15 bits per heavy atom. The highest BCUT2D eigenvalue weighted by atomic mass is 79.9. The Labute approximate surface area is 129 Å². The van der Waals surface area contributed by atoms with Crippen molar-refractivity contribution in [2.45, 2.75) is 25.9 Å². The maximum Gasteiger partial charge on any atom is 0.123 e. The molecule has 0 aliphatic carbocycles. The lowest BCUT2D eigenvalue weighted by atomic mass is 10.1. The van der Waals surface area contributed by atoms with Gasteiger partial charge in [-0.15, -0.1) is 0 Å². The minimum atomic E-state index is 0.417. The quantitative estimate of drug-likeness (QED) is 0.863. The van der Waals surface area contributed by atoms with Gasteiger partial charge in [0.25, 0.3) is 0 Å². The summed E-state index contributed by atoms with van der Waals surface area (Å²) in [6.07, 6.45) is 5.40. The van der Waals surface area contributed by atoms with E-state index < -0.39 is 0 Å². The van der Waals surface area contributed by atoms with Gasteiger partial charge in [-0.3, -0.25) is 0 Å². The minimum Gasteiger partial charge on any atom is -0.496 e. The van der Waals surface area contributed by atoms with Gasteiger partial charge in [0, 0.05) is 28.5 Å². The highest BCUT2D eigenvalue weighted by Crippen LogP contribution is 2.24. The van der Waals surface area contributed by atoms with E-state index in [4.69, 9.17) is 4.74 Å². The van der Waals surface area contributed by atoms with Crippen molar-refractivity contribution in [3.8, 4) is 5.75 Å². The molecule has 2 aromatic rings. The van der Waals surface area contributed by atoms with Crippen molar-refractivity contribution < 1.29 is 4.74 Å². The molecule has 0 spiro atoms. The van der Waals surface area contributed by atoms with Crippen molar-refractivity contribution in [3.63, 3.8) is 0 Å². The van der Waals surface area contributed by atoms with E-state index in [1.54, 1.807) is 7.11 Å². The smallest absolute Gasteiger partial charge is 0.123 e. The molecule has 1 aromatic heterocycles. The molecule has 1 aromatic carbocycles. The summed E-state index contributed by atoms with van der Waals surface area (Å²) in [4.78, 5) is 0. The summed E-state index contributed by atoms with van der Waals surface area (Å²) in [6, 6.07) is 8.69. The van der Waals surface area contributed by atoms with Gasteiger partial charge < -0.3 is 14.6 Å². The zero-order chi connectivity index (χ0) is 14.5. The highest BCUT2D eigenvalue weighted by Gasteiger charge is 2.09. The molecule has 0 saturated carbocycles. The average Bonchev–Trinajstić information content (AvgIpc) is 2.89. The largest absolute Gasteiger partial charge is 0.496 e. The fourth-order valence-electron chi connectivity index (χ4n) is 2.44. The van der Waals surface area contributed by atoms with E-state index in [0.717, 1.165) is 23.2 Å². The average molecular weight is 337 g/mol. The third kappa shape index (κ3) is 3.44. The number of aromatic nitrogens is 1. The van der Waals surface area contributed by atoms with Gasteiger partial charge in [0.1, 0.15) is 5.75 Å². The Hall–Kier alpha value is -1.26. The molecule has 4 heteroatoms. The number of halogens is 1. The van der Waals surface area contributed by atoms with E-state index in [0.29, 0.717) is 6.04 Å². The first-order valence-corrected chi connectivity index (χ1v) is 7.62. The molecule has 0 amide bonds. The Kier molecular flexibility index (Phi) is 5.26. The molecule has 0 aliphatic heterocycles. The maximum atomic E-state index is 5.42. The van der Waals surface area contributed by atoms with Crippen LogP contribution in [0.3, 0.4) is 0 Å². The van der Waals surface area contributed by atoms with Crippen molar-refractivity contribution >= 4 is 15.9 Å². The second-order valence-electron chi connectivity index (χ2n) is 4.82. The van der Waals surface area contributed by atoms with Crippen LogP contribution >= 0.6 is 15.9 Å². The van der Waals surface area contributed by atoms with Gasteiger partial charge in [-0.1, -0.05) is 22.9 Å². The molecule has 0 radical (unpaired) electrons. The first-order valence-electron chi connectivity index (χ1n) is 6.83. The van der Waals surface area contributed by atoms with Crippen LogP contribution in [0.4, 0.5) is 0 Å². The summed E-state index contributed by atoms with van der Waals surface area (Å²) in [5, 5.41) is 3.33. The van der Waals surface area contributed by atoms with E-state index in [1.165, 1.54) is 11.1 Å². The van der Waals surface area contributed by atoms with Crippen LogP contribution in [0.25, 0.3) is 0 Å². The fraction of sp³-hybridized carbons (Fsp3) is 0.375. The predicted molar refractivity (Wildman–Crippen MR) is 86.3 cm³/mol. The summed E-state index contributed by atoms with van der Waals surface area (Å²) in [5.74, 6) is 0.920. The van der Waals surface area contributed by atoms with Gasteiger partial charge in [-0.05, 0) is 43.3 Å². The lowest BCUT2D eigenvalue weighted by Crippen LogP contribution is -2.14. The number of hydrogen-bond donors (Lipinski definition) is 1. The number of hydrogen-bond acceptors (Lipinski definition) is 2. The van der Waals surface area contributed by atoms with E-state index in [-0.39, 0.29) is 0 Å². The fourth-order valence-corrected chi connectivity index (χ4v) is 2.85. The lowest BCUT2D eigenvalue weighted by molar-refractivity contribution is 0.408. The van der Waals surface area contributed by atoms with Crippen LogP contribution in [-0.2, 0) is 6.54 Å². The van der Waals surface area contributed by atoms with Gasteiger partial charge >= 0.3 is 0 Å². The first-order chi connectivity index (χ1) is 9.67. The van der Waals surface area contributed by atoms with Crippen LogP contribution in [0.1, 0.15) is 30.5 Å². The Bertz CT molecular complexity index is 561. The normalized spacial score (nSPS) is 12.4. The van der Waals surface area contributed by atoms with Crippen LogP contribution in [0.15, 0.2) is 41.1 Å². The third-order valence-electron chi connectivity index (χ3n) is 3.53. The molecular formula is C16H21BrN2O. The Morgan fingerprint density at radius 1 is 1.35 bits per heavy atom. The SMILES string of the molecule is CCC(NC)c1ccn(Cc2cc(Br)ccc2OC)c1. The zero-order valence-corrected chi connectivity index (χ0v) is 13.8. The predicted octanol–water partition coefficient (Wildman–Crippen LogP) is 3.98. The highest BCUT2D eigenvalue weighted by molar-refractivity contribution is 9.10. The lowest BCUT2D eigenvalue weighted by Gasteiger charge is -2.12. The van der Waals surface area contributed by atoms with Gasteiger partial charge in [0.15, 0.2) is 0 Å². The number of nitrogens with zero attached hydrogens (tertiary/aromatic N) is 1. The number of benzene rings is 1. The molecule has 1 unspecified atom stereocenters. The van der Waals surface area contributed by atoms with Crippen LogP contribution in [-0.4, -0.2) is 18.7 Å². The molecule has 20 heavy (non-hydrogen) atoms.